The van der Waals surface area contributed by atoms with Crippen LogP contribution in [0.25, 0.3) is 0 Å². The summed E-state index contributed by atoms with van der Waals surface area (Å²) >= 11 is 5.95. The van der Waals surface area contributed by atoms with Gasteiger partial charge in [-0.05, 0) is 29.8 Å². The van der Waals surface area contributed by atoms with Crippen molar-refractivity contribution in [1.29, 1.82) is 0 Å². The molecule has 8 heteroatoms. The van der Waals surface area contributed by atoms with E-state index in [0.29, 0.717) is 23.1 Å². The molecule has 0 bridgehead atoms. The number of carbonyl (C=O) groups is 2. The molecule has 0 aliphatic carbocycles. The number of benzene rings is 1. The van der Waals surface area contributed by atoms with Crippen LogP contribution in [0.15, 0.2) is 47.7 Å². The zero-order valence-corrected chi connectivity index (χ0v) is 14.8. The van der Waals surface area contributed by atoms with Crippen LogP contribution < -0.4 is 10.5 Å². The Kier molecular flexibility index (Phi) is 5.18. The van der Waals surface area contributed by atoms with Gasteiger partial charge in [-0.1, -0.05) is 23.7 Å². The van der Waals surface area contributed by atoms with Crippen molar-refractivity contribution in [2.45, 2.75) is 18.9 Å². The second kappa shape index (κ2) is 7.53. The maximum Gasteiger partial charge on any atom is 0.265 e. The number of carbonyl (C=O) groups excluding carboxylic acids is 2. The van der Waals surface area contributed by atoms with Gasteiger partial charge in [0.2, 0.25) is 5.91 Å². The molecule has 1 aromatic carbocycles. The molecule has 134 valence electrons. The number of hydrazone groups is 1. The van der Waals surface area contributed by atoms with E-state index in [9.17, 15) is 9.59 Å². The number of hydrogen-bond acceptors (Lipinski definition) is 5. The van der Waals surface area contributed by atoms with Crippen molar-refractivity contribution >= 4 is 29.1 Å². The maximum absolute atomic E-state index is 11.9. The Hall–Kier alpha value is -2.93. The largest absolute Gasteiger partial charge is 0.487 e. The molecule has 7 nitrogen and oxygen atoms in total. The highest BCUT2D eigenvalue weighted by atomic mass is 35.5. The first-order valence-electron chi connectivity index (χ1n) is 7.92. The van der Waals surface area contributed by atoms with Crippen molar-refractivity contribution < 1.29 is 14.3 Å². The van der Waals surface area contributed by atoms with Gasteiger partial charge in [0.25, 0.3) is 5.91 Å². The van der Waals surface area contributed by atoms with E-state index in [2.05, 4.69) is 10.1 Å². The van der Waals surface area contributed by atoms with Gasteiger partial charge in [-0.15, -0.1) is 0 Å². The molecule has 2 amide bonds. The highest BCUT2D eigenvalue weighted by Gasteiger charge is 2.32. The molecule has 1 aliphatic heterocycles. The molecule has 0 radical (unpaired) electrons. The second-order valence-electron chi connectivity index (χ2n) is 5.86. The fourth-order valence-electron chi connectivity index (χ4n) is 2.63. The predicted octanol–water partition coefficient (Wildman–Crippen LogP) is 2.10. The normalized spacial score (nSPS) is 17.0. The molecule has 26 heavy (non-hydrogen) atoms. The zero-order valence-electron chi connectivity index (χ0n) is 14.1. The lowest BCUT2D eigenvalue weighted by atomic mass is 9.93. The molecule has 0 fully saturated rings. The van der Waals surface area contributed by atoms with Crippen LogP contribution >= 0.6 is 11.6 Å². The number of aromatic nitrogens is 1. The van der Waals surface area contributed by atoms with Gasteiger partial charge < -0.3 is 10.5 Å². The SMILES string of the molecule is CN1N=C(C(N)=O)C(c2ccc(OCc3cccc(Cl)c3)cn2)CC1=O. The molecule has 1 unspecified atom stereocenters. The number of pyridine rings is 1. The Morgan fingerprint density at radius 3 is 2.85 bits per heavy atom. The summed E-state index contributed by atoms with van der Waals surface area (Å²) in [5.74, 6) is -0.871. The Labute approximate surface area is 155 Å². The van der Waals surface area contributed by atoms with Gasteiger partial charge in [0.05, 0.1) is 17.8 Å². The van der Waals surface area contributed by atoms with Crippen molar-refractivity contribution in [3.63, 3.8) is 0 Å². The van der Waals surface area contributed by atoms with Gasteiger partial charge in [0.15, 0.2) is 0 Å². The number of hydrogen-bond donors (Lipinski definition) is 1. The van der Waals surface area contributed by atoms with E-state index in [1.807, 2.05) is 18.2 Å². The smallest absolute Gasteiger partial charge is 0.265 e. The first-order chi connectivity index (χ1) is 12.4. The summed E-state index contributed by atoms with van der Waals surface area (Å²) in [5.41, 5.74) is 6.98. The summed E-state index contributed by atoms with van der Waals surface area (Å²) in [4.78, 5) is 27.9. The van der Waals surface area contributed by atoms with Crippen LogP contribution in [0, 0.1) is 0 Å². The molecule has 2 N–H and O–H groups in total. The fourth-order valence-corrected chi connectivity index (χ4v) is 2.85. The lowest BCUT2D eigenvalue weighted by Crippen LogP contribution is -2.39. The van der Waals surface area contributed by atoms with Crippen molar-refractivity contribution in [3.8, 4) is 5.75 Å². The van der Waals surface area contributed by atoms with E-state index in [-0.39, 0.29) is 18.0 Å². The highest BCUT2D eigenvalue weighted by Crippen LogP contribution is 2.26. The van der Waals surface area contributed by atoms with Crippen LogP contribution in [-0.4, -0.2) is 34.6 Å². The molecule has 2 aromatic rings. The van der Waals surface area contributed by atoms with Gasteiger partial charge in [-0.2, -0.15) is 5.10 Å². The van der Waals surface area contributed by atoms with Crippen molar-refractivity contribution in [2.75, 3.05) is 7.05 Å². The number of primary amides is 1. The van der Waals surface area contributed by atoms with Crippen LogP contribution in [0.4, 0.5) is 0 Å². The van der Waals surface area contributed by atoms with E-state index < -0.39 is 11.8 Å². The minimum Gasteiger partial charge on any atom is -0.487 e. The Bertz CT molecular complexity index is 867. The van der Waals surface area contributed by atoms with Gasteiger partial charge >= 0.3 is 0 Å². The zero-order chi connectivity index (χ0) is 18.7. The first-order valence-corrected chi connectivity index (χ1v) is 8.30. The van der Waals surface area contributed by atoms with E-state index in [1.54, 1.807) is 24.4 Å². The van der Waals surface area contributed by atoms with Gasteiger partial charge in [-0.3, -0.25) is 14.6 Å². The standard InChI is InChI=1S/C18H17ClN4O3/c1-23-16(24)8-14(17(22-23)18(20)25)15-6-5-13(9-21-15)26-10-11-3-2-4-12(19)7-11/h2-7,9,14H,8,10H2,1H3,(H2,20,25). The molecule has 3 rings (SSSR count). The van der Waals surface area contributed by atoms with E-state index in [4.69, 9.17) is 22.1 Å². The van der Waals surface area contributed by atoms with Gasteiger partial charge in [0, 0.05) is 18.5 Å². The fraction of sp³-hybridized carbons (Fsp3) is 0.222. The highest BCUT2D eigenvalue weighted by molar-refractivity contribution is 6.41. The number of ether oxygens (including phenoxy) is 1. The Balaban J connectivity index is 1.73. The predicted molar refractivity (Wildman–Crippen MR) is 96.8 cm³/mol. The number of nitrogens with two attached hydrogens (primary N) is 1. The van der Waals surface area contributed by atoms with Crippen LogP contribution in [-0.2, 0) is 16.2 Å². The third-order valence-electron chi connectivity index (χ3n) is 3.99. The molecule has 1 atom stereocenters. The quantitative estimate of drug-likeness (QED) is 0.868. The number of nitrogens with zero attached hydrogens (tertiary/aromatic N) is 3. The molecule has 0 spiro atoms. The molecular weight excluding hydrogens is 356 g/mol. The number of amides is 2. The minimum atomic E-state index is -0.669. The third kappa shape index (κ3) is 4.00. The number of rotatable bonds is 5. The van der Waals surface area contributed by atoms with E-state index in [0.717, 1.165) is 10.6 Å². The van der Waals surface area contributed by atoms with E-state index >= 15 is 0 Å². The molecule has 0 saturated heterocycles. The summed E-state index contributed by atoms with van der Waals surface area (Å²) in [6.45, 7) is 0.349. The topological polar surface area (TPSA) is 97.9 Å². The van der Waals surface area contributed by atoms with Crippen LogP contribution in [0.2, 0.25) is 5.02 Å². The summed E-state index contributed by atoms with van der Waals surface area (Å²) in [7, 11) is 1.49. The van der Waals surface area contributed by atoms with Crippen molar-refractivity contribution in [1.82, 2.24) is 9.99 Å². The molecule has 0 saturated carbocycles. The van der Waals surface area contributed by atoms with Gasteiger partial charge in [-0.25, -0.2) is 5.01 Å². The summed E-state index contributed by atoms with van der Waals surface area (Å²) < 4.78 is 5.68. The number of halogens is 1. The Morgan fingerprint density at radius 2 is 2.19 bits per heavy atom. The molecule has 2 heterocycles. The lowest BCUT2D eigenvalue weighted by molar-refractivity contribution is -0.130. The monoisotopic (exact) mass is 372 g/mol. The van der Waals surface area contributed by atoms with E-state index in [1.165, 1.54) is 7.05 Å². The third-order valence-corrected chi connectivity index (χ3v) is 4.23. The Morgan fingerprint density at radius 1 is 1.38 bits per heavy atom. The van der Waals surface area contributed by atoms with Crippen molar-refractivity contribution in [2.24, 2.45) is 10.8 Å². The average molecular weight is 373 g/mol. The van der Waals surface area contributed by atoms with Crippen molar-refractivity contribution in [3.05, 3.63) is 58.9 Å². The summed E-state index contributed by atoms with van der Waals surface area (Å²) in [6.07, 6.45) is 1.63. The van der Waals surface area contributed by atoms with Crippen LogP contribution in [0.1, 0.15) is 23.6 Å². The summed E-state index contributed by atoms with van der Waals surface area (Å²) in [5, 5.41) is 5.74. The van der Waals surface area contributed by atoms with Crippen LogP contribution in [0.3, 0.4) is 0 Å². The second-order valence-corrected chi connectivity index (χ2v) is 6.30. The first kappa shape index (κ1) is 17.9. The molecular formula is C18H17ClN4O3. The molecule has 1 aliphatic rings. The minimum absolute atomic E-state index is 0.0913. The maximum atomic E-state index is 11.9. The van der Waals surface area contributed by atoms with Gasteiger partial charge in [0.1, 0.15) is 18.1 Å². The lowest BCUT2D eigenvalue weighted by Gasteiger charge is -2.25. The molecule has 1 aromatic heterocycles. The summed E-state index contributed by atoms with van der Waals surface area (Å²) in [6, 6.07) is 10.8. The average Bonchev–Trinajstić information content (AvgIpc) is 2.62. The van der Waals surface area contributed by atoms with Crippen LogP contribution in [0.5, 0.6) is 5.75 Å².